The summed E-state index contributed by atoms with van der Waals surface area (Å²) >= 11 is 1.56. The molecule has 2 amide bonds. The third kappa shape index (κ3) is 8.72. The average molecular weight is 445 g/mol. The maximum Gasteiger partial charge on any atom is 0.408 e. The fraction of sp³-hybridized carbons (Fsp3) is 0.348. The van der Waals surface area contributed by atoms with Gasteiger partial charge in [-0.3, -0.25) is 4.79 Å². The number of carbonyl (C=O) groups is 3. The molecule has 31 heavy (non-hydrogen) atoms. The van der Waals surface area contributed by atoms with Crippen molar-refractivity contribution in [2.75, 3.05) is 19.1 Å². The highest BCUT2D eigenvalue weighted by Gasteiger charge is 2.27. The molecule has 0 radical (unpaired) electrons. The van der Waals surface area contributed by atoms with Crippen LogP contribution in [0.15, 0.2) is 60.7 Å². The van der Waals surface area contributed by atoms with Gasteiger partial charge >= 0.3 is 12.1 Å². The average Bonchev–Trinajstić information content (AvgIpc) is 2.80. The van der Waals surface area contributed by atoms with E-state index in [0.717, 1.165) is 11.1 Å². The molecule has 2 N–H and O–H groups in total. The molecule has 0 aromatic heterocycles. The molecule has 0 saturated carbocycles. The van der Waals surface area contributed by atoms with Crippen LogP contribution in [0.1, 0.15) is 17.5 Å². The van der Waals surface area contributed by atoms with Crippen molar-refractivity contribution in [3.05, 3.63) is 71.8 Å². The van der Waals surface area contributed by atoms with Crippen molar-refractivity contribution in [2.24, 2.45) is 0 Å². The van der Waals surface area contributed by atoms with Crippen LogP contribution in [-0.4, -0.2) is 49.2 Å². The standard InChI is InChI=1S/C23H28N2O5S/c1-29-22(27)19(13-14-31-2)24-21(26)20(15-17-9-5-3-6-10-17)25-23(28)30-16-18-11-7-4-8-12-18/h3-12,19-20H,13-16H2,1-2H3,(H,24,26)(H,25,28). The lowest BCUT2D eigenvalue weighted by atomic mass is 10.0. The molecule has 0 spiro atoms. The van der Waals surface area contributed by atoms with Gasteiger partial charge in [0.2, 0.25) is 5.91 Å². The number of rotatable bonds is 11. The largest absolute Gasteiger partial charge is 0.467 e. The van der Waals surface area contributed by atoms with Gasteiger partial charge in [0.05, 0.1) is 7.11 Å². The number of amides is 2. The van der Waals surface area contributed by atoms with Crippen molar-refractivity contribution >= 4 is 29.7 Å². The number of esters is 1. The van der Waals surface area contributed by atoms with Crippen LogP contribution < -0.4 is 10.6 Å². The van der Waals surface area contributed by atoms with Crippen LogP contribution in [0, 0.1) is 0 Å². The van der Waals surface area contributed by atoms with Gasteiger partial charge < -0.3 is 20.1 Å². The summed E-state index contributed by atoms with van der Waals surface area (Å²) in [6, 6.07) is 16.9. The van der Waals surface area contributed by atoms with E-state index in [1.807, 2.05) is 66.9 Å². The second kappa shape index (κ2) is 13.3. The van der Waals surface area contributed by atoms with Gasteiger partial charge in [0.15, 0.2) is 0 Å². The van der Waals surface area contributed by atoms with Gasteiger partial charge in [-0.2, -0.15) is 11.8 Å². The Labute approximate surface area is 186 Å². The zero-order chi connectivity index (χ0) is 22.5. The summed E-state index contributed by atoms with van der Waals surface area (Å²) in [6.07, 6.45) is 1.89. The third-order valence-electron chi connectivity index (χ3n) is 4.52. The van der Waals surface area contributed by atoms with Gasteiger partial charge in [0.25, 0.3) is 0 Å². The molecule has 2 atom stereocenters. The molecule has 2 rings (SSSR count). The second-order valence-corrected chi connectivity index (χ2v) is 7.80. The Kier molecular flexibility index (Phi) is 10.4. The van der Waals surface area contributed by atoms with Crippen LogP contribution in [0.25, 0.3) is 0 Å². The Morgan fingerprint density at radius 2 is 1.52 bits per heavy atom. The Hall–Kier alpha value is -3.00. The molecule has 8 heteroatoms. The number of alkyl carbamates (subject to hydrolysis) is 1. The molecular weight excluding hydrogens is 416 g/mol. The molecule has 7 nitrogen and oxygen atoms in total. The fourth-order valence-electron chi connectivity index (χ4n) is 2.87. The van der Waals surface area contributed by atoms with Crippen LogP contribution in [0.3, 0.4) is 0 Å². The van der Waals surface area contributed by atoms with Crippen LogP contribution in [0.5, 0.6) is 0 Å². The normalized spacial score (nSPS) is 12.3. The topological polar surface area (TPSA) is 93.7 Å². The molecule has 0 heterocycles. The molecule has 0 saturated heterocycles. The first kappa shape index (κ1) is 24.3. The van der Waals surface area contributed by atoms with Gasteiger partial charge in [0.1, 0.15) is 18.7 Å². The monoisotopic (exact) mass is 444 g/mol. The van der Waals surface area contributed by atoms with E-state index in [4.69, 9.17) is 9.47 Å². The van der Waals surface area contributed by atoms with Crippen molar-refractivity contribution in [3.8, 4) is 0 Å². The zero-order valence-electron chi connectivity index (χ0n) is 17.7. The summed E-state index contributed by atoms with van der Waals surface area (Å²) in [7, 11) is 1.28. The number of hydrogen-bond acceptors (Lipinski definition) is 6. The van der Waals surface area contributed by atoms with Crippen molar-refractivity contribution in [1.82, 2.24) is 10.6 Å². The molecule has 0 bridgehead atoms. The fourth-order valence-corrected chi connectivity index (χ4v) is 3.34. The summed E-state index contributed by atoms with van der Waals surface area (Å²) in [4.78, 5) is 37.4. The summed E-state index contributed by atoms with van der Waals surface area (Å²) in [6.45, 7) is 0.0882. The summed E-state index contributed by atoms with van der Waals surface area (Å²) < 4.78 is 10.1. The lowest BCUT2D eigenvalue weighted by molar-refractivity contribution is -0.145. The van der Waals surface area contributed by atoms with Crippen molar-refractivity contribution in [1.29, 1.82) is 0 Å². The molecule has 0 aliphatic carbocycles. The Balaban J connectivity index is 2.06. The molecule has 2 aromatic rings. The first-order chi connectivity index (χ1) is 15.0. The first-order valence-corrected chi connectivity index (χ1v) is 11.3. The van der Waals surface area contributed by atoms with Gasteiger partial charge in [-0.05, 0) is 29.6 Å². The quantitative estimate of drug-likeness (QED) is 0.518. The molecule has 2 unspecified atom stereocenters. The van der Waals surface area contributed by atoms with E-state index in [1.165, 1.54) is 7.11 Å². The third-order valence-corrected chi connectivity index (χ3v) is 5.16. The highest BCUT2D eigenvalue weighted by molar-refractivity contribution is 7.98. The maximum atomic E-state index is 13.0. The van der Waals surface area contributed by atoms with Crippen LogP contribution in [0.4, 0.5) is 4.79 Å². The number of ether oxygens (including phenoxy) is 2. The van der Waals surface area contributed by atoms with Crippen molar-refractivity contribution in [3.63, 3.8) is 0 Å². The van der Waals surface area contributed by atoms with Crippen LogP contribution >= 0.6 is 11.8 Å². The van der Waals surface area contributed by atoms with E-state index in [9.17, 15) is 14.4 Å². The highest BCUT2D eigenvalue weighted by atomic mass is 32.2. The summed E-state index contributed by atoms with van der Waals surface area (Å²) in [5.74, 6) is -0.319. The molecular formula is C23H28N2O5S. The van der Waals surface area contributed by atoms with E-state index in [0.29, 0.717) is 12.2 Å². The highest BCUT2D eigenvalue weighted by Crippen LogP contribution is 2.08. The predicted molar refractivity (Wildman–Crippen MR) is 121 cm³/mol. The number of nitrogens with one attached hydrogen (secondary N) is 2. The van der Waals surface area contributed by atoms with E-state index >= 15 is 0 Å². The van der Waals surface area contributed by atoms with Gasteiger partial charge in [-0.15, -0.1) is 0 Å². The maximum absolute atomic E-state index is 13.0. The zero-order valence-corrected chi connectivity index (χ0v) is 18.5. The second-order valence-electron chi connectivity index (χ2n) is 6.81. The summed E-state index contributed by atoms with van der Waals surface area (Å²) in [5.41, 5.74) is 1.70. The molecule has 0 aliphatic heterocycles. The number of hydrogen-bond donors (Lipinski definition) is 2. The molecule has 0 aliphatic rings. The predicted octanol–water partition coefficient (Wildman–Crippen LogP) is 2.94. The van der Waals surface area contributed by atoms with E-state index in [2.05, 4.69) is 10.6 Å². The lowest BCUT2D eigenvalue weighted by Crippen LogP contribution is -2.52. The SMILES string of the molecule is COC(=O)C(CCSC)NC(=O)C(Cc1ccccc1)NC(=O)OCc1ccccc1. The van der Waals surface area contributed by atoms with Gasteiger partial charge in [0, 0.05) is 6.42 Å². The number of thioether (sulfide) groups is 1. The Bertz CT molecular complexity index is 832. The Morgan fingerprint density at radius 1 is 0.903 bits per heavy atom. The van der Waals surface area contributed by atoms with Crippen LogP contribution in [-0.2, 0) is 32.1 Å². The first-order valence-electron chi connectivity index (χ1n) is 9.91. The molecule has 166 valence electrons. The van der Waals surface area contributed by atoms with E-state index < -0.39 is 30.1 Å². The smallest absolute Gasteiger partial charge is 0.408 e. The van der Waals surface area contributed by atoms with Crippen LogP contribution in [0.2, 0.25) is 0 Å². The van der Waals surface area contributed by atoms with Gasteiger partial charge in [-0.25, -0.2) is 9.59 Å². The van der Waals surface area contributed by atoms with Gasteiger partial charge in [-0.1, -0.05) is 60.7 Å². The number of benzene rings is 2. The number of methoxy groups -OCH3 is 1. The minimum absolute atomic E-state index is 0.0882. The van der Waals surface area contributed by atoms with E-state index in [1.54, 1.807) is 11.8 Å². The van der Waals surface area contributed by atoms with Crippen molar-refractivity contribution in [2.45, 2.75) is 31.5 Å². The number of carbonyl (C=O) groups excluding carboxylic acids is 3. The minimum atomic E-state index is -0.910. The van der Waals surface area contributed by atoms with Crippen molar-refractivity contribution < 1.29 is 23.9 Å². The molecule has 2 aromatic carbocycles. The lowest BCUT2D eigenvalue weighted by Gasteiger charge is -2.22. The van der Waals surface area contributed by atoms with E-state index in [-0.39, 0.29) is 13.0 Å². The minimum Gasteiger partial charge on any atom is -0.467 e. The molecule has 0 fully saturated rings. The Morgan fingerprint density at radius 3 is 2.10 bits per heavy atom. The summed E-state index contributed by atoms with van der Waals surface area (Å²) in [5, 5.41) is 5.33.